The summed E-state index contributed by atoms with van der Waals surface area (Å²) in [4.78, 5) is 12.0. The van der Waals surface area contributed by atoms with E-state index in [0.717, 1.165) is 11.6 Å². The molecule has 0 atom stereocenters. The topological polar surface area (TPSA) is 47.6 Å². The standard InChI is InChI=1S/C18H17F4NO3/c1-25-13-7-11(8-14(10-13)26-2)3-6-17(24)23-12-4-5-16(19)15(9-12)18(20,21)22/h4-5,7-10H,3,6H2,1-2H3,(H,23,24). The maximum Gasteiger partial charge on any atom is 0.419 e. The number of hydrogen-bond acceptors (Lipinski definition) is 3. The molecule has 0 heterocycles. The van der Waals surface area contributed by atoms with Gasteiger partial charge in [-0.15, -0.1) is 0 Å². The van der Waals surface area contributed by atoms with E-state index in [9.17, 15) is 22.4 Å². The molecule has 2 aromatic rings. The molecule has 0 aromatic heterocycles. The van der Waals surface area contributed by atoms with Gasteiger partial charge in [0.25, 0.3) is 0 Å². The number of rotatable bonds is 6. The van der Waals surface area contributed by atoms with Crippen molar-refractivity contribution in [3.8, 4) is 11.5 Å². The van der Waals surface area contributed by atoms with Crippen LogP contribution in [0.25, 0.3) is 0 Å². The second-order valence-electron chi connectivity index (χ2n) is 5.46. The minimum absolute atomic E-state index is 0.0229. The van der Waals surface area contributed by atoms with Gasteiger partial charge in [0.05, 0.1) is 19.8 Å². The van der Waals surface area contributed by atoms with Crippen LogP contribution in [0.4, 0.5) is 23.2 Å². The zero-order valence-electron chi connectivity index (χ0n) is 14.1. The lowest BCUT2D eigenvalue weighted by molar-refractivity contribution is -0.140. The average Bonchev–Trinajstić information content (AvgIpc) is 2.60. The van der Waals surface area contributed by atoms with Gasteiger partial charge in [-0.2, -0.15) is 13.2 Å². The number of anilines is 1. The van der Waals surface area contributed by atoms with Crippen LogP contribution in [0.5, 0.6) is 11.5 Å². The fourth-order valence-electron chi connectivity index (χ4n) is 2.31. The van der Waals surface area contributed by atoms with Crippen LogP contribution in [0, 0.1) is 5.82 Å². The molecule has 0 radical (unpaired) electrons. The van der Waals surface area contributed by atoms with E-state index in [1.165, 1.54) is 14.2 Å². The number of aryl methyl sites for hydroxylation is 1. The third kappa shape index (κ3) is 5.11. The summed E-state index contributed by atoms with van der Waals surface area (Å²) >= 11 is 0. The lowest BCUT2D eigenvalue weighted by atomic mass is 10.1. The van der Waals surface area contributed by atoms with Crippen molar-refractivity contribution in [2.75, 3.05) is 19.5 Å². The van der Waals surface area contributed by atoms with Crippen LogP contribution in [0.2, 0.25) is 0 Å². The number of nitrogens with one attached hydrogen (secondary N) is 1. The molecule has 0 aliphatic heterocycles. The summed E-state index contributed by atoms with van der Waals surface area (Å²) in [6, 6.07) is 7.47. The first-order chi connectivity index (χ1) is 12.2. The van der Waals surface area contributed by atoms with Crippen molar-refractivity contribution >= 4 is 11.6 Å². The number of halogens is 4. The Morgan fingerprint density at radius 3 is 2.19 bits per heavy atom. The average molecular weight is 371 g/mol. The van der Waals surface area contributed by atoms with Crippen LogP contribution >= 0.6 is 0 Å². The molecule has 1 N–H and O–H groups in total. The third-order valence-electron chi connectivity index (χ3n) is 3.61. The predicted octanol–water partition coefficient (Wildman–Crippen LogP) is 4.43. The first-order valence-corrected chi connectivity index (χ1v) is 7.61. The SMILES string of the molecule is COc1cc(CCC(=O)Nc2ccc(F)c(C(F)(F)F)c2)cc(OC)c1. The fourth-order valence-corrected chi connectivity index (χ4v) is 2.31. The second kappa shape index (κ2) is 8.07. The maximum atomic E-state index is 13.3. The van der Waals surface area contributed by atoms with E-state index in [0.29, 0.717) is 30.1 Å². The molecule has 2 aromatic carbocycles. The van der Waals surface area contributed by atoms with Crippen molar-refractivity contribution in [2.45, 2.75) is 19.0 Å². The first-order valence-electron chi connectivity index (χ1n) is 7.61. The number of carbonyl (C=O) groups excluding carboxylic acids is 1. The van der Waals surface area contributed by atoms with Crippen LogP contribution < -0.4 is 14.8 Å². The van der Waals surface area contributed by atoms with Crippen LogP contribution in [-0.4, -0.2) is 20.1 Å². The Morgan fingerprint density at radius 1 is 1.04 bits per heavy atom. The number of ether oxygens (including phenoxy) is 2. The van der Waals surface area contributed by atoms with E-state index < -0.39 is 23.5 Å². The second-order valence-corrected chi connectivity index (χ2v) is 5.46. The van der Waals surface area contributed by atoms with E-state index in [1.807, 2.05) is 0 Å². The maximum absolute atomic E-state index is 13.3. The van der Waals surface area contributed by atoms with Crippen molar-refractivity contribution in [2.24, 2.45) is 0 Å². The number of amides is 1. The van der Waals surface area contributed by atoms with E-state index in [2.05, 4.69) is 5.32 Å². The number of alkyl halides is 3. The fraction of sp³-hybridized carbons (Fsp3) is 0.278. The Balaban J connectivity index is 2.04. The van der Waals surface area contributed by atoms with Crippen LogP contribution in [0.15, 0.2) is 36.4 Å². The lowest BCUT2D eigenvalue weighted by Crippen LogP contribution is -2.14. The van der Waals surface area contributed by atoms with E-state index >= 15 is 0 Å². The first kappa shape index (κ1) is 19.6. The van der Waals surface area contributed by atoms with Crippen molar-refractivity contribution in [3.63, 3.8) is 0 Å². The number of carbonyl (C=O) groups is 1. The van der Waals surface area contributed by atoms with Gasteiger partial charge in [-0.3, -0.25) is 4.79 Å². The van der Waals surface area contributed by atoms with Gasteiger partial charge in [-0.25, -0.2) is 4.39 Å². The van der Waals surface area contributed by atoms with Gasteiger partial charge < -0.3 is 14.8 Å². The molecule has 0 unspecified atom stereocenters. The minimum atomic E-state index is -4.83. The van der Waals surface area contributed by atoms with Gasteiger partial charge in [0.2, 0.25) is 5.91 Å². The molecule has 0 saturated carbocycles. The molecule has 0 spiro atoms. The van der Waals surface area contributed by atoms with Gasteiger partial charge in [-0.05, 0) is 42.3 Å². The summed E-state index contributed by atoms with van der Waals surface area (Å²) in [5.74, 6) is -0.758. The molecule has 140 valence electrons. The zero-order chi connectivity index (χ0) is 19.3. The summed E-state index contributed by atoms with van der Waals surface area (Å²) < 4.78 is 61.6. The predicted molar refractivity (Wildman–Crippen MR) is 87.9 cm³/mol. The summed E-state index contributed by atoms with van der Waals surface area (Å²) in [5, 5.41) is 2.34. The van der Waals surface area contributed by atoms with Crippen molar-refractivity contribution in [1.29, 1.82) is 0 Å². The molecule has 0 bridgehead atoms. The van der Waals surface area contributed by atoms with Gasteiger partial charge in [0.1, 0.15) is 17.3 Å². The monoisotopic (exact) mass is 371 g/mol. The molecule has 0 aliphatic rings. The zero-order valence-corrected chi connectivity index (χ0v) is 14.1. The van der Waals surface area contributed by atoms with Crippen LogP contribution in [-0.2, 0) is 17.4 Å². The summed E-state index contributed by atoms with van der Waals surface area (Å²) in [6.07, 6.45) is -4.48. The normalized spacial score (nSPS) is 11.2. The van der Waals surface area contributed by atoms with Gasteiger partial charge >= 0.3 is 6.18 Å². The molecule has 1 amide bonds. The minimum Gasteiger partial charge on any atom is -0.497 e. The highest BCUT2D eigenvalue weighted by atomic mass is 19.4. The van der Waals surface area contributed by atoms with Gasteiger partial charge in [0, 0.05) is 18.2 Å². The van der Waals surface area contributed by atoms with Gasteiger partial charge in [0.15, 0.2) is 0 Å². The number of methoxy groups -OCH3 is 2. The quantitative estimate of drug-likeness (QED) is 0.764. The molecule has 0 saturated heterocycles. The smallest absolute Gasteiger partial charge is 0.419 e. The molecule has 0 fully saturated rings. The van der Waals surface area contributed by atoms with Crippen molar-refractivity contribution in [1.82, 2.24) is 0 Å². The summed E-state index contributed by atoms with van der Waals surface area (Å²) in [5.41, 5.74) is -0.772. The molecular formula is C18H17F4NO3. The van der Waals surface area contributed by atoms with Crippen molar-refractivity contribution < 1.29 is 31.8 Å². The third-order valence-corrected chi connectivity index (χ3v) is 3.61. The molecule has 4 nitrogen and oxygen atoms in total. The highest BCUT2D eigenvalue weighted by Gasteiger charge is 2.34. The highest BCUT2D eigenvalue weighted by molar-refractivity contribution is 5.90. The molecule has 8 heteroatoms. The summed E-state index contributed by atoms with van der Waals surface area (Å²) in [6.45, 7) is 0. The molecule has 0 aliphatic carbocycles. The van der Waals surface area contributed by atoms with E-state index in [-0.39, 0.29) is 12.1 Å². The lowest BCUT2D eigenvalue weighted by Gasteiger charge is -2.11. The molecule has 2 rings (SSSR count). The Labute approximate surface area is 147 Å². The van der Waals surface area contributed by atoms with Crippen molar-refractivity contribution in [3.05, 3.63) is 53.3 Å². The van der Waals surface area contributed by atoms with E-state index in [1.54, 1.807) is 18.2 Å². The Hall–Kier alpha value is -2.77. The Morgan fingerprint density at radius 2 is 1.65 bits per heavy atom. The Kier molecular flexibility index (Phi) is 6.07. The van der Waals surface area contributed by atoms with Crippen LogP contribution in [0.1, 0.15) is 17.5 Å². The molecule has 26 heavy (non-hydrogen) atoms. The highest BCUT2D eigenvalue weighted by Crippen LogP contribution is 2.33. The largest absolute Gasteiger partial charge is 0.497 e. The number of hydrogen-bond donors (Lipinski definition) is 1. The van der Waals surface area contributed by atoms with Crippen LogP contribution in [0.3, 0.4) is 0 Å². The Bertz CT molecular complexity index is 768. The van der Waals surface area contributed by atoms with E-state index in [4.69, 9.17) is 9.47 Å². The van der Waals surface area contributed by atoms with Gasteiger partial charge in [-0.1, -0.05) is 0 Å². The summed E-state index contributed by atoms with van der Waals surface area (Å²) in [7, 11) is 3.00. The number of benzene rings is 2. The molecular weight excluding hydrogens is 354 g/mol.